The number of benzene rings is 2. The number of hydrazine groups is 2. The lowest BCUT2D eigenvalue weighted by molar-refractivity contribution is -0.0564. The third-order valence-electron chi connectivity index (χ3n) is 6.42. The van der Waals surface area contributed by atoms with Gasteiger partial charge in [0.05, 0.1) is 0 Å². The number of unbranched alkanes of at least 4 members (excludes halogenated alkanes) is 2. The average Bonchev–Trinajstić information content (AvgIpc) is 2.81. The molecule has 0 unspecified atom stereocenters. The van der Waals surface area contributed by atoms with Gasteiger partial charge >= 0.3 is 0 Å². The van der Waals surface area contributed by atoms with Crippen LogP contribution in [-0.2, 0) is 13.1 Å². The standard InChI is InChI=1S/C28H44N4/c1-3-5-19-30(20-6-4-2)21-13-18-28-24-31(22-26-14-9-7-10-15-26)29-32(25-28)23-27-16-11-8-12-17-27/h7-12,14-17,28-29H,3-6,13,18-25H2,1-2H3. The lowest BCUT2D eigenvalue weighted by Crippen LogP contribution is -2.57. The summed E-state index contributed by atoms with van der Waals surface area (Å²) in [6.45, 7) is 12.5. The van der Waals surface area contributed by atoms with Crippen LogP contribution in [0.2, 0.25) is 0 Å². The Morgan fingerprint density at radius 2 is 1.19 bits per heavy atom. The van der Waals surface area contributed by atoms with Crippen molar-refractivity contribution in [2.45, 2.75) is 65.5 Å². The van der Waals surface area contributed by atoms with Crippen molar-refractivity contribution in [3.8, 4) is 0 Å². The molecule has 1 N–H and O–H groups in total. The largest absolute Gasteiger partial charge is 0.303 e. The summed E-state index contributed by atoms with van der Waals surface area (Å²) in [6.07, 6.45) is 7.84. The molecule has 0 spiro atoms. The van der Waals surface area contributed by atoms with Gasteiger partial charge in [-0.2, -0.15) is 5.53 Å². The molecule has 0 bridgehead atoms. The van der Waals surface area contributed by atoms with Gasteiger partial charge in [-0.3, -0.25) is 0 Å². The second kappa shape index (κ2) is 14.4. The zero-order chi connectivity index (χ0) is 22.4. The SMILES string of the molecule is CCCCN(CCCC)CCCC1CN(Cc2ccccc2)NN(Cc2ccccc2)C1. The summed E-state index contributed by atoms with van der Waals surface area (Å²) in [5.74, 6) is 0.697. The zero-order valence-electron chi connectivity index (χ0n) is 20.4. The molecule has 0 aliphatic carbocycles. The third-order valence-corrected chi connectivity index (χ3v) is 6.42. The second-order valence-corrected chi connectivity index (χ2v) is 9.39. The Balaban J connectivity index is 1.55. The van der Waals surface area contributed by atoms with Gasteiger partial charge in [0, 0.05) is 26.2 Å². The quantitative estimate of drug-likeness (QED) is 0.409. The van der Waals surface area contributed by atoms with Crippen molar-refractivity contribution < 1.29 is 0 Å². The smallest absolute Gasteiger partial charge is 0.0395 e. The maximum absolute atomic E-state index is 3.69. The number of hydrogen-bond acceptors (Lipinski definition) is 4. The molecule has 1 saturated heterocycles. The molecule has 176 valence electrons. The third kappa shape index (κ3) is 9.03. The molecule has 3 rings (SSSR count). The van der Waals surface area contributed by atoms with E-state index in [1.165, 1.54) is 69.3 Å². The lowest BCUT2D eigenvalue weighted by Gasteiger charge is -2.41. The van der Waals surface area contributed by atoms with Gasteiger partial charge in [0.2, 0.25) is 0 Å². The Kier molecular flexibility index (Phi) is 11.2. The maximum atomic E-state index is 3.69. The van der Waals surface area contributed by atoms with E-state index < -0.39 is 0 Å². The second-order valence-electron chi connectivity index (χ2n) is 9.39. The van der Waals surface area contributed by atoms with Crippen molar-refractivity contribution in [1.82, 2.24) is 20.5 Å². The first-order valence-corrected chi connectivity index (χ1v) is 12.8. The molecule has 4 heteroatoms. The lowest BCUT2D eigenvalue weighted by atomic mass is 10.0. The highest BCUT2D eigenvalue weighted by Crippen LogP contribution is 2.19. The van der Waals surface area contributed by atoms with Gasteiger partial charge in [-0.25, -0.2) is 10.0 Å². The fourth-order valence-electron chi connectivity index (χ4n) is 4.66. The summed E-state index contributed by atoms with van der Waals surface area (Å²) in [5, 5.41) is 4.83. The van der Waals surface area contributed by atoms with E-state index in [4.69, 9.17) is 0 Å². The first kappa shape index (κ1) is 24.9. The predicted molar refractivity (Wildman–Crippen MR) is 136 cm³/mol. The first-order valence-electron chi connectivity index (χ1n) is 12.8. The van der Waals surface area contributed by atoms with Crippen molar-refractivity contribution in [2.75, 3.05) is 32.7 Å². The minimum Gasteiger partial charge on any atom is -0.303 e. The summed E-state index contributed by atoms with van der Waals surface area (Å²) < 4.78 is 0. The van der Waals surface area contributed by atoms with Crippen molar-refractivity contribution in [3.05, 3.63) is 71.8 Å². The van der Waals surface area contributed by atoms with Crippen LogP contribution in [0.1, 0.15) is 63.5 Å². The Hall–Kier alpha value is -1.72. The maximum Gasteiger partial charge on any atom is 0.0395 e. The van der Waals surface area contributed by atoms with Crippen molar-refractivity contribution in [2.24, 2.45) is 5.92 Å². The number of nitrogens with zero attached hydrogens (tertiary/aromatic N) is 3. The number of nitrogens with one attached hydrogen (secondary N) is 1. The summed E-state index contributed by atoms with van der Waals surface area (Å²) in [7, 11) is 0. The molecule has 0 radical (unpaired) electrons. The molecule has 2 aromatic carbocycles. The van der Waals surface area contributed by atoms with Crippen LogP contribution in [0.25, 0.3) is 0 Å². The molecule has 2 aromatic rings. The normalized spacial score (nSPS) is 16.1. The molecule has 0 atom stereocenters. The van der Waals surface area contributed by atoms with E-state index in [0.717, 1.165) is 26.2 Å². The Morgan fingerprint density at radius 3 is 1.66 bits per heavy atom. The molecule has 1 heterocycles. The molecule has 0 saturated carbocycles. The molecule has 4 nitrogen and oxygen atoms in total. The highest BCUT2D eigenvalue weighted by atomic mass is 15.8. The number of rotatable bonds is 14. The fourth-order valence-corrected chi connectivity index (χ4v) is 4.66. The van der Waals surface area contributed by atoms with Gasteiger partial charge in [0.15, 0.2) is 0 Å². The molecule has 32 heavy (non-hydrogen) atoms. The molecule has 0 amide bonds. The summed E-state index contributed by atoms with van der Waals surface area (Å²) >= 11 is 0. The van der Waals surface area contributed by atoms with Crippen LogP contribution >= 0.6 is 0 Å². The summed E-state index contributed by atoms with van der Waals surface area (Å²) in [5.41, 5.74) is 6.42. The van der Waals surface area contributed by atoms with E-state index in [0.29, 0.717) is 5.92 Å². The minimum absolute atomic E-state index is 0.697. The number of hydrogen-bond donors (Lipinski definition) is 1. The van der Waals surface area contributed by atoms with Crippen molar-refractivity contribution in [3.63, 3.8) is 0 Å². The molecule has 1 fully saturated rings. The Labute approximate surface area is 196 Å². The molecular weight excluding hydrogens is 392 g/mol. The van der Waals surface area contributed by atoms with Crippen LogP contribution in [0.4, 0.5) is 0 Å². The van der Waals surface area contributed by atoms with Gasteiger partial charge < -0.3 is 4.90 Å². The molecule has 1 aliphatic heterocycles. The van der Waals surface area contributed by atoms with Gasteiger partial charge in [0.1, 0.15) is 0 Å². The van der Waals surface area contributed by atoms with Crippen LogP contribution in [0, 0.1) is 5.92 Å². The predicted octanol–water partition coefficient (Wildman–Crippen LogP) is 5.72. The summed E-state index contributed by atoms with van der Waals surface area (Å²) in [6, 6.07) is 21.7. The first-order chi connectivity index (χ1) is 15.8. The highest BCUT2D eigenvalue weighted by molar-refractivity contribution is 5.15. The Bertz CT molecular complexity index is 663. The molecule has 1 aliphatic rings. The van der Waals surface area contributed by atoms with E-state index in [2.05, 4.69) is 95.0 Å². The van der Waals surface area contributed by atoms with Gasteiger partial charge in [-0.05, 0) is 62.4 Å². The zero-order valence-corrected chi connectivity index (χ0v) is 20.4. The van der Waals surface area contributed by atoms with Crippen LogP contribution in [-0.4, -0.2) is 47.6 Å². The molecular formula is C28H44N4. The van der Waals surface area contributed by atoms with E-state index in [1.807, 2.05) is 0 Å². The fraction of sp³-hybridized carbons (Fsp3) is 0.571. The van der Waals surface area contributed by atoms with E-state index in [1.54, 1.807) is 0 Å². The van der Waals surface area contributed by atoms with Crippen LogP contribution in [0.5, 0.6) is 0 Å². The van der Waals surface area contributed by atoms with Crippen molar-refractivity contribution in [1.29, 1.82) is 0 Å². The highest BCUT2D eigenvalue weighted by Gasteiger charge is 2.25. The van der Waals surface area contributed by atoms with Gasteiger partial charge in [-0.15, -0.1) is 0 Å². The van der Waals surface area contributed by atoms with Gasteiger partial charge in [-0.1, -0.05) is 87.4 Å². The topological polar surface area (TPSA) is 21.8 Å². The van der Waals surface area contributed by atoms with E-state index >= 15 is 0 Å². The average molecular weight is 437 g/mol. The van der Waals surface area contributed by atoms with E-state index in [9.17, 15) is 0 Å². The van der Waals surface area contributed by atoms with Crippen LogP contribution < -0.4 is 5.53 Å². The van der Waals surface area contributed by atoms with Crippen LogP contribution in [0.15, 0.2) is 60.7 Å². The van der Waals surface area contributed by atoms with Crippen LogP contribution in [0.3, 0.4) is 0 Å². The van der Waals surface area contributed by atoms with E-state index in [-0.39, 0.29) is 0 Å². The minimum atomic E-state index is 0.697. The van der Waals surface area contributed by atoms with Gasteiger partial charge in [0.25, 0.3) is 0 Å². The monoisotopic (exact) mass is 436 g/mol. The Morgan fingerprint density at radius 1 is 0.719 bits per heavy atom. The molecule has 0 aromatic heterocycles. The summed E-state index contributed by atoms with van der Waals surface area (Å²) in [4.78, 5) is 2.71. The van der Waals surface area contributed by atoms with Crippen molar-refractivity contribution >= 4 is 0 Å².